The maximum absolute atomic E-state index is 11.5. The Morgan fingerprint density at radius 2 is 1.82 bits per heavy atom. The molecule has 0 saturated carbocycles. The topological polar surface area (TPSA) is 116 Å². The molecule has 2 aliphatic rings. The van der Waals surface area contributed by atoms with E-state index in [4.69, 9.17) is 5.11 Å². The summed E-state index contributed by atoms with van der Waals surface area (Å²) in [6.07, 6.45) is 0.988. The Balaban J connectivity index is 2.21. The summed E-state index contributed by atoms with van der Waals surface area (Å²) in [5, 5.41) is 12.9. The van der Waals surface area contributed by atoms with Crippen LogP contribution in [0.15, 0.2) is 0 Å². The van der Waals surface area contributed by atoms with Crippen molar-refractivity contribution in [2.24, 2.45) is 0 Å². The number of hydrogen-bond donors (Lipinski definition) is 3. The molecular weight excluding hydrogens is 230 g/mol. The van der Waals surface area contributed by atoms with Crippen LogP contribution < -0.4 is 10.6 Å². The minimum Gasteiger partial charge on any atom is -0.480 e. The van der Waals surface area contributed by atoms with Crippen LogP contribution in [0.5, 0.6) is 0 Å². The molecule has 4 amide bonds. The van der Waals surface area contributed by atoms with Crippen molar-refractivity contribution in [3.05, 3.63) is 0 Å². The van der Waals surface area contributed by atoms with Crippen molar-refractivity contribution in [2.45, 2.75) is 24.9 Å². The number of urea groups is 1. The number of nitrogens with zero attached hydrogens (tertiary/aromatic N) is 1. The van der Waals surface area contributed by atoms with E-state index in [0.717, 1.165) is 0 Å². The molecule has 0 aliphatic carbocycles. The van der Waals surface area contributed by atoms with Gasteiger partial charge in [-0.05, 0) is 12.8 Å². The van der Waals surface area contributed by atoms with Gasteiger partial charge in [0.2, 0.25) is 0 Å². The Hall–Kier alpha value is -1.96. The molecule has 0 aromatic carbocycles. The second kappa shape index (κ2) is 4.13. The lowest BCUT2D eigenvalue weighted by atomic mass is 10.1. The first-order valence-electron chi connectivity index (χ1n) is 5.15. The molecule has 2 saturated heterocycles. The van der Waals surface area contributed by atoms with E-state index in [1.54, 1.807) is 0 Å². The van der Waals surface area contributed by atoms with Crippen LogP contribution in [0.4, 0.5) is 4.79 Å². The van der Waals surface area contributed by atoms with Crippen molar-refractivity contribution in [1.82, 2.24) is 15.5 Å². The number of carboxylic acid groups (broad SMARTS) is 1. The molecule has 0 bridgehead atoms. The zero-order valence-corrected chi connectivity index (χ0v) is 8.80. The standard InChI is InChI=1S/C9H11N3O5/c13-6-5(7(14)11-9(17)10-6)12-3-1-2-4(12)8(15)16/h4-5H,1-3H2,(H,15,16)(H2,10,11,13,14,17). The first-order chi connectivity index (χ1) is 8.00. The normalized spacial score (nSPS) is 26.8. The molecule has 3 N–H and O–H groups in total. The summed E-state index contributed by atoms with van der Waals surface area (Å²) in [5.41, 5.74) is 0. The summed E-state index contributed by atoms with van der Waals surface area (Å²) in [5.74, 6) is -2.61. The zero-order valence-electron chi connectivity index (χ0n) is 8.80. The molecule has 2 aliphatic heterocycles. The summed E-state index contributed by atoms with van der Waals surface area (Å²) in [6, 6.07) is -2.97. The van der Waals surface area contributed by atoms with Crippen LogP contribution in [0.1, 0.15) is 12.8 Å². The molecule has 2 fully saturated rings. The highest BCUT2D eigenvalue weighted by Crippen LogP contribution is 2.21. The van der Waals surface area contributed by atoms with Gasteiger partial charge in [0.25, 0.3) is 11.8 Å². The van der Waals surface area contributed by atoms with Crippen molar-refractivity contribution in [3.63, 3.8) is 0 Å². The molecule has 17 heavy (non-hydrogen) atoms. The molecule has 1 atom stereocenters. The van der Waals surface area contributed by atoms with E-state index in [0.29, 0.717) is 19.4 Å². The number of hydrogen-bond acceptors (Lipinski definition) is 5. The fraction of sp³-hybridized carbons (Fsp3) is 0.556. The SMILES string of the molecule is O=C1NC(=O)C(N2CCCC2C(=O)O)C(=O)N1. The number of nitrogens with one attached hydrogen (secondary N) is 2. The van der Waals surface area contributed by atoms with E-state index in [9.17, 15) is 19.2 Å². The second-order valence-corrected chi connectivity index (χ2v) is 3.94. The van der Waals surface area contributed by atoms with E-state index in [-0.39, 0.29) is 0 Å². The number of rotatable bonds is 2. The number of amides is 4. The minimum absolute atomic E-state index is 0.344. The molecule has 1 unspecified atom stereocenters. The summed E-state index contributed by atoms with van der Waals surface area (Å²) in [4.78, 5) is 46.2. The van der Waals surface area contributed by atoms with Crippen LogP contribution in [0, 0.1) is 0 Å². The molecule has 0 radical (unpaired) electrons. The summed E-state index contributed by atoms with van der Waals surface area (Å²) in [6.45, 7) is 0.344. The van der Waals surface area contributed by atoms with Crippen molar-refractivity contribution >= 4 is 23.8 Å². The summed E-state index contributed by atoms with van der Waals surface area (Å²) < 4.78 is 0. The van der Waals surface area contributed by atoms with Gasteiger partial charge in [-0.1, -0.05) is 0 Å². The highest BCUT2D eigenvalue weighted by atomic mass is 16.4. The lowest BCUT2D eigenvalue weighted by Crippen LogP contribution is -2.65. The average Bonchev–Trinajstić information content (AvgIpc) is 2.64. The van der Waals surface area contributed by atoms with Crippen molar-refractivity contribution < 1.29 is 24.3 Å². The van der Waals surface area contributed by atoms with Crippen LogP contribution in [-0.2, 0) is 14.4 Å². The fourth-order valence-electron chi connectivity index (χ4n) is 2.18. The first-order valence-corrected chi connectivity index (χ1v) is 5.15. The van der Waals surface area contributed by atoms with E-state index < -0.39 is 35.9 Å². The van der Waals surface area contributed by atoms with Crippen LogP contribution in [0.25, 0.3) is 0 Å². The second-order valence-electron chi connectivity index (χ2n) is 3.94. The monoisotopic (exact) mass is 241 g/mol. The van der Waals surface area contributed by atoms with Gasteiger partial charge in [-0.25, -0.2) is 4.79 Å². The number of likely N-dealkylation sites (tertiary alicyclic amines) is 1. The van der Waals surface area contributed by atoms with Crippen LogP contribution in [0.2, 0.25) is 0 Å². The number of imide groups is 2. The Morgan fingerprint density at radius 3 is 2.35 bits per heavy atom. The van der Waals surface area contributed by atoms with Gasteiger partial charge in [0.1, 0.15) is 6.04 Å². The molecule has 2 rings (SSSR count). The van der Waals surface area contributed by atoms with Crippen LogP contribution in [0.3, 0.4) is 0 Å². The van der Waals surface area contributed by atoms with Crippen LogP contribution >= 0.6 is 0 Å². The smallest absolute Gasteiger partial charge is 0.328 e. The molecule has 8 nitrogen and oxygen atoms in total. The van der Waals surface area contributed by atoms with Gasteiger partial charge >= 0.3 is 12.0 Å². The fourth-order valence-corrected chi connectivity index (χ4v) is 2.18. The van der Waals surface area contributed by atoms with E-state index in [1.807, 2.05) is 10.6 Å². The number of carbonyl (C=O) groups is 4. The minimum atomic E-state index is -1.24. The van der Waals surface area contributed by atoms with E-state index >= 15 is 0 Å². The highest BCUT2D eigenvalue weighted by Gasteiger charge is 2.45. The van der Waals surface area contributed by atoms with Gasteiger partial charge in [-0.2, -0.15) is 0 Å². The first kappa shape index (κ1) is 11.5. The van der Waals surface area contributed by atoms with Gasteiger partial charge in [-0.3, -0.25) is 29.9 Å². The van der Waals surface area contributed by atoms with Crippen molar-refractivity contribution in [1.29, 1.82) is 0 Å². The van der Waals surface area contributed by atoms with Gasteiger partial charge in [0, 0.05) is 6.54 Å². The number of barbiturate groups is 1. The third-order valence-corrected chi connectivity index (χ3v) is 2.88. The largest absolute Gasteiger partial charge is 0.480 e. The molecule has 92 valence electrons. The summed E-state index contributed by atoms with van der Waals surface area (Å²) in [7, 11) is 0. The average molecular weight is 241 g/mol. The predicted molar refractivity (Wildman–Crippen MR) is 52.8 cm³/mol. The van der Waals surface area contributed by atoms with Gasteiger partial charge in [0.05, 0.1) is 0 Å². The van der Waals surface area contributed by atoms with Gasteiger partial charge in [0.15, 0.2) is 6.04 Å². The van der Waals surface area contributed by atoms with E-state index in [1.165, 1.54) is 4.90 Å². The lowest BCUT2D eigenvalue weighted by molar-refractivity contribution is -0.146. The summed E-state index contributed by atoms with van der Waals surface area (Å²) >= 11 is 0. The third-order valence-electron chi connectivity index (χ3n) is 2.88. The Labute approximate surface area is 95.9 Å². The number of carbonyl (C=O) groups excluding carboxylic acids is 3. The highest BCUT2D eigenvalue weighted by molar-refractivity contribution is 6.19. The van der Waals surface area contributed by atoms with Crippen molar-refractivity contribution in [2.75, 3.05) is 6.54 Å². The lowest BCUT2D eigenvalue weighted by Gasteiger charge is -2.30. The number of carboxylic acids is 1. The predicted octanol–water partition coefficient (Wildman–Crippen LogP) is -1.73. The van der Waals surface area contributed by atoms with Gasteiger partial charge in [-0.15, -0.1) is 0 Å². The van der Waals surface area contributed by atoms with Crippen LogP contribution in [-0.4, -0.2) is 52.4 Å². The molecular formula is C9H11N3O5. The zero-order chi connectivity index (χ0) is 12.6. The molecule has 0 aromatic heterocycles. The van der Waals surface area contributed by atoms with Crippen molar-refractivity contribution in [3.8, 4) is 0 Å². The maximum atomic E-state index is 11.5. The van der Waals surface area contributed by atoms with Gasteiger partial charge < -0.3 is 5.11 Å². The molecule has 2 heterocycles. The maximum Gasteiger partial charge on any atom is 0.328 e. The molecule has 0 spiro atoms. The Bertz CT molecular complexity index is 387. The molecule has 0 aromatic rings. The Kier molecular flexibility index (Phi) is 2.80. The molecule has 8 heteroatoms. The van der Waals surface area contributed by atoms with E-state index in [2.05, 4.69) is 0 Å². The quantitative estimate of drug-likeness (QED) is 0.495. The third kappa shape index (κ3) is 1.98. The Morgan fingerprint density at radius 1 is 1.24 bits per heavy atom. The number of aliphatic carboxylic acids is 1.